The van der Waals surface area contributed by atoms with Gasteiger partial charge >= 0.3 is 0 Å². The molecule has 1 aromatic heterocycles. The van der Waals surface area contributed by atoms with Crippen LogP contribution >= 0.6 is 11.6 Å². The first-order valence-electron chi connectivity index (χ1n) is 5.91. The molecule has 3 nitrogen and oxygen atoms in total. The summed E-state index contributed by atoms with van der Waals surface area (Å²) < 4.78 is 24.6. The van der Waals surface area contributed by atoms with E-state index in [4.69, 9.17) is 20.8 Å². The maximum Gasteiger partial charge on any atom is 0.183 e. The number of hydrogen-bond donors (Lipinski definition) is 1. The molecule has 102 valence electrons. The molecule has 0 spiro atoms. The van der Waals surface area contributed by atoms with E-state index in [1.807, 2.05) is 20.0 Å². The second-order valence-corrected chi connectivity index (χ2v) is 4.57. The average molecular weight is 284 g/mol. The van der Waals surface area contributed by atoms with Gasteiger partial charge in [0.15, 0.2) is 11.6 Å². The third-order valence-electron chi connectivity index (χ3n) is 2.72. The Morgan fingerprint density at radius 1 is 1.42 bits per heavy atom. The molecule has 1 heterocycles. The van der Waals surface area contributed by atoms with Crippen molar-refractivity contribution in [2.45, 2.75) is 20.1 Å². The number of hydrogen-bond acceptors (Lipinski definition) is 3. The number of nitrogens with one attached hydrogen (secondary N) is 1. The van der Waals surface area contributed by atoms with Crippen molar-refractivity contribution in [2.24, 2.45) is 0 Å². The van der Waals surface area contributed by atoms with Gasteiger partial charge in [-0.05, 0) is 32.2 Å². The van der Waals surface area contributed by atoms with Crippen LogP contribution in [0, 0.1) is 12.7 Å². The summed E-state index contributed by atoms with van der Waals surface area (Å²) in [5.41, 5.74) is 0.893. The number of furan rings is 1. The number of halogens is 2. The Balaban J connectivity index is 2.08. The molecule has 1 aromatic carbocycles. The summed E-state index contributed by atoms with van der Waals surface area (Å²) in [4.78, 5) is 0. The highest BCUT2D eigenvalue weighted by molar-refractivity contribution is 6.30. The lowest BCUT2D eigenvalue weighted by molar-refractivity contribution is 0.287. The lowest BCUT2D eigenvalue weighted by atomic mass is 10.2. The third-order valence-corrected chi connectivity index (χ3v) is 3.01. The first-order chi connectivity index (χ1) is 9.11. The van der Waals surface area contributed by atoms with E-state index in [0.29, 0.717) is 6.54 Å². The van der Waals surface area contributed by atoms with Gasteiger partial charge in [0.05, 0.1) is 11.6 Å². The topological polar surface area (TPSA) is 34.4 Å². The highest BCUT2D eigenvalue weighted by Gasteiger charge is 2.11. The van der Waals surface area contributed by atoms with Crippen molar-refractivity contribution < 1.29 is 13.5 Å². The van der Waals surface area contributed by atoms with Gasteiger partial charge in [-0.2, -0.15) is 0 Å². The maximum absolute atomic E-state index is 13.6. The van der Waals surface area contributed by atoms with Crippen molar-refractivity contribution in [1.82, 2.24) is 5.32 Å². The van der Waals surface area contributed by atoms with Gasteiger partial charge < -0.3 is 14.5 Å². The molecule has 0 amide bonds. The van der Waals surface area contributed by atoms with Crippen LogP contribution in [-0.2, 0) is 13.2 Å². The summed E-state index contributed by atoms with van der Waals surface area (Å²) in [6, 6.07) is 6.58. The Hall–Kier alpha value is -1.52. The van der Waals surface area contributed by atoms with Crippen LogP contribution in [0.5, 0.6) is 5.75 Å². The predicted octanol–water partition coefficient (Wildman–Crippen LogP) is 3.68. The van der Waals surface area contributed by atoms with E-state index in [9.17, 15) is 4.39 Å². The van der Waals surface area contributed by atoms with Gasteiger partial charge in [0.1, 0.15) is 18.1 Å². The molecule has 1 N–H and O–H groups in total. The first-order valence-corrected chi connectivity index (χ1v) is 6.29. The molecular formula is C14H15ClFNO2. The number of aryl methyl sites for hydroxylation is 1. The highest BCUT2D eigenvalue weighted by Crippen LogP contribution is 2.25. The lowest BCUT2D eigenvalue weighted by Crippen LogP contribution is -2.03. The highest BCUT2D eigenvalue weighted by atomic mass is 35.5. The van der Waals surface area contributed by atoms with E-state index in [-0.39, 0.29) is 17.4 Å². The van der Waals surface area contributed by atoms with E-state index in [1.54, 1.807) is 12.1 Å². The molecule has 2 rings (SSSR count). The molecule has 0 aliphatic carbocycles. The van der Waals surface area contributed by atoms with Gasteiger partial charge in [0, 0.05) is 5.56 Å². The van der Waals surface area contributed by atoms with Crippen LogP contribution in [0.1, 0.15) is 17.1 Å². The normalized spacial score (nSPS) is 10.7. The molecule has 0 aliphatic rings. The predicted molar refractivity (Wildman–Crippen MR) is 72.0 cm³/mol. The summed E-state index contributed by atoms with van der Waals surface area (Å²) in [5, 5.41) is 3.06. The van der Waals surface area contributed by atoms with Gasteiger partial charge in [-0.25, -0.2) is 4.39 Å². The van der Waals surface area contributed by atoms with Crippen LogP contribution in [-0.4, -0.2) is 7.05 Å². The molecule has 0 fully saturated rings. The summed E-state index contributed by atoms with van der Waals surface area (Å²) in [6.07, 6.45) is 0. The molecule has 0 bridgehead atoms. The van der Waals surface area contributed by atoms with Crippen LogP contribution in [0.4, 0.5) is 4.39 Å². The Morgan fingerprint density at radius 2 is 2.21 bits per heavy atom. The van der Waals surface area contributed by atoms with Gasteiger partial charge in [-0.3, -0.25) is 0 Å². The van der Waals surface area contributed by atoms with Crippen LogP contribution in [0.2, 0.25) is 5.02 Å². The minimum Gasteiger partial charge on any atom is -0.486 e. The van der Waals surface area contributed by atoms with E-state index in [1.165, 1.54) is 6.07 Å². The van der Waals surface area contributed by atoms with Gasteiger partial charge in [0.2, 0.25) is 0 Å². The molecular weight excluding hydrogens is 269 g/mol. The molecule has 5 heteroatoms. The molecule has 0 aliphatic heterocycles. The second-order valence-electron chi connectivity index (χ2n) is 4.17. The summed E-state index contributed by atoms with van der Waals surface area (Å²) in [6.45, 7) is 2.74. The van der Waals surface area contributed by atoms with Crippen LogP contribution < -0.4 is 10.1 Å². The van der Waals surface area contributed by atoms with E-state index < -0.39 is 5.82 Å². The molecule has 19 heavy (non-hydrogen) atoms. The SMILES string of the molecule is CNCc1cc(COc2cccc(Cl)c2F)c(C)o1. The minimum atomic E-state index is -0.541. The fourth-order valence-electron chi connectivity index (χ4n) is 1.74. The largest absolute Gasteiger partial charge is 0.486 e. The van der Waals surface area contributed by atoms with Crippen LogP contribution in [0.3, 0.4) is 0 Å². The Labute approximate surface area is 116 Å². The first kappa shape index (κ1) is 13.9. The fourth-order valence-corrected chi connectivity index (χ4v) is 1.91. The van der Waals surface area contributed by atoms with E-state index in [2.05, 4.69) is 5.32 Å². The molecule has 2 aromatic rings. The van der Waals surface area contributed by atoms with Gasteiger partial charge in [-0.1, -0.05) is 17.7 Å². The monoisotopic (exact) mass is 283 g/mol. The zero-order valence-corrected chi connectivity index (χ0v) is 11.6. The lowest BCUT2D eigenvalue weighted by Gasteiger charge is -2.06. The minimum absolute atomic E-state index is 0.0530. The van der Waals surface area contributed by atoms with Crippen LogP contribution in [0.25, 0.3) is 0 Å². The third kappa shape index (κ3) is 3.28. The average Bonchev–Trinajstić information content (AvgIpc) is 2.72. The van der Waals surface area contributed by atoms with Gasteiger partial charge in [-0.15, -0.1) is 0 Å². The maximum atomic E-state index is 13.6. The number of benzene rings is 1. The number of rotatable bonds is 5. The van der Waals surface area contributed by atoms with Gasteiger partial charge in [0.25, 0.3) is 0 Å². The van der Waals surface area contributed by atoms with E-state index >= 15 is 0 Å². The van der Waals surface area contributed by atoms with Crippen molar-refractivity contribution >= 4 is 11.6 Å². The summed E-state index contributed by atoms with van der Waals surface area (Å²) >= 11 is 5.69. The molecule has 0 saturated carbocycles. The molecule has 0 unspecified atom stereocenters. The Kier molecular flexibility index (Phi) is 4.45. The quantitative estimate of drug-likeness (QED) is 0.909. The standard InChI is InChI=1S/C14H15ClFNO2/c1-9-10(6-11(19-9)7-17-2)8-18-13-5-3-4-12(15)14(13)16/h3-6,17H,7-8H2,1-2H3. The summed E-state index contributed by atoms with van der Waals surface area (Å²) in [5.74, 6) is 1.20. The summed E-state index contributed by atoms with van der Waals surface area (Å²) in [7, 11) is 1.84. The Bertz CT molecular complexity index is 569. The van der Waals surface area contributed by atoms with Crippen molar-refractivity contribution in [3.63, 3.8) is 0 Å². The molecule has 0 atom stereocenters. The van der Waals surface area contributed by atoms with Crippen molar-refractivity contribution in [3.8, 4) is 5.75 Å². The number of ether oxygens (including phenoxy) is 1. The van der Waals surface area contributed by atoms with E-state index in [0.717, 1.165) is 17.1 Å². The van der Waals surface area contributed by atoms with Crippen molar-refractivity contribution in [3.05, 3.63) is 52.2 Å². The molecule has 0 radical (unpaired) electrons. The molecule has 0 saturated heterocycles. The zero-order valence-electron chi connectivity index (χ0n) is 10.8. The zero-order chi connectivity index (χ0) is 13.8. The van der Waals surface area contributed by atoms with Crippen molar-refractivity contribution in [1.29, 1.82) is 0 Å². The smallest absolute Gasteiger partial charge is 0.183 e. The van der Waals surface area contributed by atoms with Crippen molar-refractivity contribution in [2.75, 3.05) is 7.05 Å². The second kappa shape index (κ2) is 6.08. The van der Waals surface area contributed by atoms with Crippen LogP contribution in [0.15, 0.2) is 28.7 Å². The Morgan fingerprint density at radius 3 is 2.95 bits per heavy atom. The fraction of sp³-hybridized carbons (Fsp3) is 0.286.